The maximum Gasteiger partial charge on any atom is 0.142 e. The standard InChI is InChI=1S/C3H8O2S.C2H6O2S/c1-3(2)6(4)5;1-2-5(3)4/h3,6H,1-2H3;5H,2H2,1H3. The van der Waals surface area contributed by atoms with E-state index in [1.807, 2.05) is 0 Å². The van der Waals surface area contributed by atoms with E-state index >= 15 is 0 Å². The second-order valence-corrected chi connectivity index (χ2v) is 4.93. The molecule has 11 heavy (non-hydrogen) atoms. The predicted octanol–water partition coefficient (Wildman–Crippen LogP) is -0.376. The van der Waals surface area contributed by atoms with Crippen LogP contribution in [0.1, 0.15) is 20.8 Å². The molecule has 0 aliphatic rings. The third-order valence-electron chi connectivity index (χ3n) is 0.680. The van der Waals surface area contributed by atoms with Crippen LogP contribution < -0.4 is 0 Å². The minimum absolute atomic E-state index is 0.194. The molecule has 0 radical (unpaired) electrons. The van der Waals surface area contributed by atoms with Crippen molar-refractivity contribution in [3.63, 3.8) is 0 Å². The van der Waals surface area contributed by atoms with Crippen molar-refractivity contribution in [2.24, 2.45) is 0 Å². The highest BCUT2D eigenvalue weighted by atomic mass is 32.2. The predicted molar refractivity (Wildman–Crippen MR) is 46.3 cm³/mol. The highest BCUT2D eigenvalue weighted by Crippen LogP contribution is 1.78. The van der Waals surface area contributed by atoms with Crippen LogP contribution in [0.2, 0.25) is 0 Å². The molecule has 0 aliphatic heterocycles. The average Bonchev–Trinajstić information content (AvgIpc) is 1.89. The van der Waals surface area contributed by atoms with E-state index in [9.17, 15) is 16.8 Å². The molecule has 0 aromatic rings. The van der Waals surface area contributed by atoms with Gasteiger partial charge in [-0.2, -0.15) is 0 Å². The van der Waals surface area contributed by atoms with E-state index in [4.69, 9.17) is 0 Å². The van der Waals surface area contributed by atoms with Gasteiger partial charge < -0.3 is 0 Å². The van der Waals surface area contributed by atoms with E-state index in [2.05, 4.69) is 0 Å². The zero-order valence-corrected chi connectivity index (χ0v) is 8.60. The Kier molecular flexibility index (Phi) is 9.81. The van der Waals surface area contributed by atoms with Gasteiger partial charge >= 0.3 is 0 Å². The first-order valence-electron chi connectivity index (χ1n) is 3.17. The van der Waals surface area contributed by atoms with Gasteiger partial charge in [0.15, 0.2) is 0 Å². The minimum atomic E-state index is -2.16. The molecule has 0 fully saturated rings. The van der Waals surface area contributed by atoms with Crippen LogP contribution in [0, 0.1) is 0 Å². The number of thiol groups is 2. The normalized spacial score (nSPS) is 10.0. The Labute approximate surface area is 70.5 Å². The maximum atomic E-state index is 9.74. The molecule has 0 amide bonds. The fraction of sp³-hybridized carbons (Fsp3) is 1.00. The lowest BCUT2D eigenvalue weighted by Crippen LogP contribution is -1.93. The van der Waals surface area contributed by atoms with Crippen molar-refractivity contribution in [2.75, 3.05) is 5.75 Å². The Hall–Kier alpha value is -0.100. The second kappa shape index (κ2) is 8.00. The van der Waals surface area contributed by atoms with Crippen molar-refractivity contribution in [1.82, 2.24) is 0 Å². The van der Waals surface area contributed by atoms with Crippen LogP contribution >= 0.6 is 0 Å². The van der Waals surface area contributed by atoms with Crippen molar-refractivity contribution in [3.05, 3.63) is 0 Å². The van der Waals surface area contributed by atoms with E-state index in [1.165, 1.54) is 0 Å². The quantitative estimate of drug-likeness (QED) is 0.599. The molecule has 0 saturated carbocycles. The molecule has 4 nitrogen and oxygen atoms in total. The molecule has 0 N–H and O–H groups in total. The van der Waals surface area contributed by atoms with Gasteiger partial charge in [0, 0.05) is 5.75 Å². The van der Waals surface area contributed by atoms with E-state index in [0.717, 1.165) is 0 Å². The highest BCUT2D eigenvalue weighted by molar-refractivity contribution is 7.73. The third-order valence-corrected chi connectivity index (χ3v) is 2.04. The Bertz CT molecular complexity index is 199. The molecule has 0 saturated heterocycles. The van der Waals surface area contributed by atoms with Crippen LogP contribution in [0.25, 0.3) is 0 Å². The molecule has 0 heterocycles. The summed E-state index contributed by atoms with van der Waals surface area (Å²) >= 11 is 0. The number of hydrogen-bond acceptors (Lipinski definition) is 4. The lowest BCUT2D eigenvalue weighted by atomic mass is 10.6. The zero-order chi connectivity index (χ0) is 9.44. The molecule has 0 spiro atoms. The molecule has 0 aliphatic carbocycles. The van der Waals surface area contributed by atoms with Gasteiger partial charge in [-0.3, -0.25) is 0 Å². The van der Waals surface area contributed by atoms with Gasteiger partial charge in [-0.1, -0.05) is 6.92 Å². The van der Waals surface area contributed by atoms with Gasteiger partial charge in [-0.25, -0.2) is 16.8 Å². The molecule has 0 rings (SSSR count). The minimum Gasteiger partial charge on any atom is -0.232 e. The van der Waals surface area contributed by atoms with Gasteiger partial charge in [-0.15, -0.1) is 0 Å². The van der Waals surface area contributed by atoms with Crippen LogP contribution in [0.5, 0.6) is 0 Å². The van der Waals surface area contributed by atoms with Crippen LogP contribution in [0.4, 0.5) is 0 Å². The van der Waals surface area contributed by atoms with Gasteiger partial charge in [0.05, 0.1) is 5.25 Å². The van der Waals surface area contributed by atoms with Crippen LogP contribution in [-0.2, 0) is 21.4 Å². The first-order valence-corrected chi connectivity index (χ1v) is 5.78. The number of hydrogen-bond donors (Lipinski definition) is 2. The lowest BCUT2D eigenvalue weighted by Gasteiger charge is -1.82. The van der Waals surface area contributed by atoms with E-state index < -0.39 is 21.4 Å². The molecular weight excluding hydrogens is 188 g/mol. The molecular formula is C5H14O4S2. The summed E-state index contributed by atoms with van der Waals surface area (Å²) in [5.41, 5.74) is 0. The van der Waals surface area contributed by atoms with Crippen LogP contribution in [0.15, 0.2) is 0 Å². The first-order chi connectivity index (χ1) is 4.91. The van der Waals surface area contributed by atoms with Crippen molar-refractivity contribution in [1.29, 1.82) is 0 Å². The van der Waals surface area contributed by atoms with Gasteiger partial charge in [0.2, 0.25) is 0 Å². The van der Waals surface area contributed by atoms with Crippen molar-refractivity contribution < 1.29 is 16.8 Å². The molecule has 0 unspecified atom stereocenters. The SMILES string of the molecule is CC(C)[SH](=O)=O.CC[SH](=O)=O. The molecule has 0 aromatic carbocycles. The molecule has 70 valence electrons. The molecule has 0 atom stereocenters. The fourth-order valence-electron chi connectivity index (χ4n) is 0. The third kappa shape index (κ3) is 17.7. The van der Waals surface area contributed by atoms with Crippen molar-refractivity contribution >= 4 is 21.4 Å². The smallest absolute Gasteiger partial charge is 0.142 e. The number of rotatable bonds is 2. The summed E-state index contributed by atoms with van der Waals surface area (Å²) in [6.07, 6.45) is 0. The zero-order valence-electron chi connectivity index (χ0n) is 6.81. The largest absolute Gasteiger partial charge is 0.232 e. The molecule has 0 bridgehead atoms. The summed E-state index contributed by atoms with van der Waals surface area (Å²) in [5, 5.41) is -0.194. The van der Waals surface area contributed by atoms with Crippen LogP contribution in [0.3, 0.4) is 0 Å². The van der Waals surface area contributed by atoms with Gasteiger partial charge in [0.1, 0.15) is 21.4 Å². The highest BCUT2D eigenvalue weighted by Gasteiger charge is 1.88. The van der Waals surface area contributed by atoms with Crippen molar-refractivity contribution in [2.45, 2.75) is 26.0 Å². The summed E-state index contributed by atoms with van der Waals surface area (Å²) in [6, 6.07) is 0. The van der Waals surface area contributed by atoms with Gasteiger partial charge in [0.25, 0.3) is 0 Å². The molecule has 0 aromatic heterocycles. The summed E-state index contributed by atoms with van der Waals surface area (Å²) in [6.45, 7) is 4.89. The van der Waals surface area contributed by atoms with Crippen LogP contribution in [-0.4, -0.2) is 27.8 Å². The van der Waals surface area contributed by atoms with E-state index in [1.54, 1.807) is 20.8 Å². The second-order valence-electron chi connectivity index (χ2n) is 2.03. The monoisotopic (exact) mass is 202 g/mol. The first kappa shape index (κ1) is 13.5. The Morgan fingerprint density at radius 3 is 1.27 bits per heavy atom. The van der Waals surface area contributed by atoms with E-state index in [-0.39, 0.29) is 11.0 Å². The maximum absolute atomic E-state index is 9.74. The topological polar surface area (TPSA) is 68.3 Å². The fourth-order valence-corrected chi connectivity index (χ4v) is 0. The average molecular weight is 202 g/mol. The lowest BCUT2D eigenvalue weighted by molar-refractivity contribution is 0.606. The summed E-state index contributed by atoms with van der Waals surface area (Å²) in [5.74, 6) is 0.259. The molecule has 6 heteroatoms. The Balaban J connectivity index is 0. The van der Waals surface area contributed by atoms with Crippen molar-refractivity contribution in [3.8, 4) is 0 Å². The Morgan fingerprint density at radius 2 is 1.27 bits per heavy atom. The van der Waals surface area contributed by atoms with E-state index in [0.29, 0.717) is 0 Å². The van der Waals surface area contributed by atoms with Gasteiger partial charge in [-0.05, 0) is 13.8 Å². The summed E-state index contributed by atoms with van der Waals surface area (Å²) in [7, 11) is -4.26. The summed E-state index contributed by atoms with van der Waals surface area (Å²) in [4.78, 5) is 0. The summed E-state index contributed by atoms with van der Waals surface area (Å²) < 4.78 is 38.3. The Morgan fingerprint density at radius 1 is 1.09 bits per heavy atom.